The fourth-order valence-electron chi connectivity index (χ4n) is 3.07. The lowest BCUT2D eigenvalue weighted by atomic mass is 9.99. The van der Waals surface area contributed by atoms with Gasteiger partial charge in [0.15, 0.2) is 0 Å². The molecule has 2 aliphatic carbocycles. The van der Waals surface area contributed by atoms with Gasteiger partial charge in [0.05, 0.1) is 9.65 Å². The molecule has 0 spiro atoms. The van der Waals surface area contributed by atoms with Gasteiger partial charge in [0.2, 0.25) is 0 Å². The van der Waals surface area contributed by atoms with Gasteiger partial charge in [-0.3, -0.25) is 0 Å². The summed E-state index contributed by atoms with van der Waals surface area (Å²) in [6.07, 6.45) is 0. The zero-order valence-electron chi connectivity index (χ0n) is 9.53. The van der Waals surface area contributed by atoms with Crippen LogP contribution in [-0.2, 0) is 0 Å². The number of alkyl halides is 2. The van der Waals surface area contributed by atoms with Crippen molar-refractivity contribution < 1.29 is 0 Å². The van der Waals surface area contributed by atoms with Crippen molar-refractivity contribution in [3.8, 4) is 0 Å². The molecule has 2 aromatic rings. The fraction of sp³-hybridized carbons (Fsp3) is 0.125. The monoisotopic (exact) mass is 360 g/mol. The third-order valence-corrected chi connectivity index (χ3v) is 5.75. The average Bonchev–Trinajstić information content (AvgIpc) is 2.87. The minimum atomic E-state index is 0.326. The molecule has 0 aliphatic heterocycles. The first-order chi connectivity index (χ1) is 8.79. The smallest absolute Gasteiger partial charge is 0.0659 e. The van der Waals surface area contributed by atoms with Crippen LogP contribution < -0.4 is 0 Å². The van der Waals surface area contributed by atoms with Gasteiger partial charge in [0.25, 0.3) is 0 Å². The van der Waals surface area contributed by atoms with E-state index in [-0.39, 0.29) is 0 Å². The molecular formula is C16H10Br2. The third kappa shape index (κ3) is 1.25. The van der Waals surface area contributed by atoms with E-state index in [0.717, 1.165) is 0 Å². The molecule has 2 aromatic carbocycles. The van der Waals surface area contributed by atoms with Crippen molar-refractivity contribution in [3.05, 3.63) is 70.8 Å². The van der Waals surface area contributed by atoms with Gasteiger partial charge in [-0.2, -0.15) is 0 Å². The highest BCUT2D eigenvalue weighted by atomic mass is 79.9. The van der Waals surface area contributed by atoms with Crippen LogP contribution in [0.1, 0.15) is 31.9 Å². The van der Waals surface area contributed by atoms with Gasteiger partial charge in [0, 0.05) is 0 Å². The summed E-state index contributed by atoms with van der Waals surface area (Å²) < 4.78 is 0. The number of allylic oxidation sites excluding steroid dienone is 2. The molecule has 0 saturated heterocycles. The third-order valence-electron chi connectivity index (χ3n) is 3.85. The van der Waals surface area contributed by atoms with E-state index in [1.165, 1.54) is 33.4 Å². The normalized spacial score (nSPS) is 23.9. The first-order valence-corrected chi connectivity index (χ1v) is 7.83. The van der Waals surface area contributed by atoms with E-state index in [4.69, 9.17) is 0 Å². The summed E-state index contributed by atoms with van der Waals surface area (Å²) in [7, 11) is 0. The van der Waals surface area contributed by atoms with E-state index in [0.29, 0.717) is 9.65 Å². The molecule has 2 heteroatoms. The van der Waals surface area contributed by atoms with Crippen LogP contribution in [0.25, 0.3) is 11.1 Å². The molecule has 0 heterocycles. The van der Waals surface area contributed by atoms with Crippen LogP contribution in [0, 0.1) is 0 Å². The Hall–Kier alpha value is -0.860. The zero-order chi connectivity index (χ0) is 12.3. The van der Waals surface area contributed by atoms with Gasteiger partial charge in [0.1, 0.15) is 0 Å². The molecule has 2 atom stereocenters. The average molecular weight is 362 g/mol. The predicted octanol–water partition coefficient (Wildman–Crippen LogP) is 5.50. The standard InChI is InChI=1S/C16H10Br2/c17-15-11-7-3-1-5-9(11)13-14(15)10-6-2-4-8-12(10)16(13)18/h1-8,15-16H/t15-,16-/m1/s1. The van der Waals surface area contributed by atoms with Crippen LogP contribution >= 0.6 is 31.9 Å². The van der Waals surface area contributed by atoms with Gasteiger partial charge >= 0.3 is 0 Å². The Morgan fingerprint density at radius 2 is 1.00 bits per heavy atom. The van der Waals surface area contributed by atoms with Crippen molar-refractivity contribution >= 4 is 43.0 Å². The molecule has 0 fully saturated rings. The lowest BCUT2D eigenvalue weighted by Gasteiger charge is -2.13. The molecular weight excluding hydrogens is 352 g/mol. The number of hydrogen-bond acceptors (Lipinski definition) is 0. The van der Waals surface area contributed by atoms with Crippen molar-refractivity contribution in [3.63, 3.8) is 0 Å². The second-order valence-corrected chi connectivity index (χ2v) is 6.56. The Morgan fingerprint density at radius 3 is 1.44 bits per heavy atom. The highest BCUT2D eigenvalue weighted by Gasteiger charge is 2.39. The summed E-state index contributed by atoms with van der Waals surface area (Å²) in [5.74, 6) is 0. The number of fused-ring (bicyclic) bond motifs is 4. The largest absolute Gasteiger partial charge is 0.0786 e. The molecule has 0 bridgehead atoms. The fourth-order valence-corrected chi connectivity index (χ4v) is 4.86. The molecule has 0 saturated carbocycles. The number of benzene rings is 2. The van der Waals surface area contributed by atoms with E-state index < -0.39 is 0 Å². The van der Waals surface area contributed by atoms with Gasteiger partial charge in [-0.05, 0) is 33.4 Å². The maximum Gasteiger partial charge on any atom is 0.0659 e. The van der Waals surface area contributed by atoms with E-state index in [1.54, 1.807) is 0 Å². The van der Waals surface area contributed by atoms with Crippen LogP contribution in [0.2, 0.25) is 0 Å². The Labute approximate surface area is 123 Å². The number of hydrogen-bond donors (Lipinski definition) is 0. The van der Waals surface area contributed by atoms with Gasteiger partial charge < -0.3 is 0 Å². The molecule has 4 rings (SSSR count). The van der Waals surface area contributed by atoms with Crippen molar-refractivity contribution in [2.75, 3.05) is 0 Å². The first-order valence-electron chi connectivity index (χ1n) is 6.00. The zero-order valence-corrected chi connectivity index (χ0v) is 12.7. The van der Waals surface area contributed by atoms with Crippen molar-refractivity contribution in [2.45, 2.75) is 9.65 Å². The second kappa shape index (κ2) is 3.82. The van der Waals surface area contributed by atoms with Crippen molar-refractivity contribution in [1.29, 1.82) is 0 Å². The van der Waals surface area contributed by atoms with E-state index in [9.17, 15) is 0 Å². The van der Waals surface area contributed by atoms with E-state index in [2.05, 4.69) is 80.4 Å². The molecule has 2 aliphatic rings. The number of rotatable bonds is 0. The van der Waals surface area contributed by atoms with Crippen molar-refractivity contribution in [2.24, 2.45) is 0 Å². The summed E-state index contributed by atoms with van der Waals surface area (Å²) in [6, 6.07) is 17.4. The summed E-state index contributed by atoms with van der Waals surface area (Å²) in [4.78, 5) is 0.653. The number of halogens is 2. The molecule has 0 unspecified atom stereocenters. The Balaban J connectivity index is 2.02. The lowest BCUT2D eigenvalue weighted by Crippen LogP contribution is -1.94. The minimum Gasteiger partial charge on any atom is -0.0786 e. The summed E-state index contributed by atoms with van der Waals surface area (Å²) in [5.41, 5.74) is 8.42. The van der Waals surface area contributed by atoms with Crippen LogP contribution in [0.4, 0.5) is 0 Å². The maximum absolute atomic E-state index is 3.86. The molecule has 88 valence electrons. The molecule has 18 heavy (non-hydrogen) atoms. The summed E-state index contributed by atoms with van der Waals surface area (Å²) >= 11 is 7.73. The SMILES string of the molecule is Br[C@H]1C2=C(c3ccccc31)[C@H](Br)c1ccccc12. The Bertz CT molecular complexity index is 626. The highest BCUT2D eigenvalue weighted by Crippen LogP contribution is 2.61. The van der Waals surface area contributed by atoms with Gasteiger partial charge in [-0.15, -0.1) is 0 Å². The first kappa shape index (κ1) is 11.0. The van der Waals surface area contributed by atoms with Crippen LogP contribution in [0.3, 0.4) is 0 Å². The summed E-state index contributed by atoms with van der Waals surface area (Å²) in [5, 5.41) is 0. The quantitative estimate of drug-likeness (QED) is 0.544. The molecule has 0 N–H and O–H groups in total. The predicted molar refractivity (Wildman–Crippen MR) is 83.0 cm³/mol. The highest BCUT2D eigenvalue weighted by molar-refractivity contribution is 9.09. The molecule has 0 aromatic heterocycles. The molecule has 0 radical (unpaired) electrons. The molecule has 0 amide bonds. The van der Waals surface area contributed by atoms with Crippen molar-refractivity contribution in [1.82, 2.24) is 0 Å². The van der Waals surface area contributed by atoms with Crippen LogP contribution in [-0.4, -0.2) is 0 Å². The Morgan fingerprint density at radius 1 is 0.611 bits per heavy atom. The minimum absolute atomic E-state index is 0.326. The van der Waals surface area contributed by atoms with Crippen LogP contribution in [0.5, 0.6) is 0 Å². The van der Waals surface area contributed by atoms with Crippen LogP contribution in [0.15, 0.2) is 48.5 Å². The lowest BCUT2D eigenvalue weighted by molar-refractivity contribution is 1.24. The Kier molecular flexibility index (Phi) is 2.33. The van der Waals surface area contributed by atoms with Gasteiger partial charge in [-0.25, -0.2) is 0 Å². The second-order valence-electron chi connectivity index (χ2n) is 4.73. The summed E-state index contributed by atoms with van der Waals surface area (Å²) in [6.45, 7) is 0. The molecule has 0 nitrogen and oxygen atoms in total. The van der Waals surface area contributed by atoms with Gasteiger partial charge in [-0.1, -0.05) is 80.4 Å². The topological polar surface area (TPSA) is 0 Å². The van der Waals surface area contributed by atoms with E-state index in [1.807, 2.05) is 0 Å². The maximum atomic E-state index is 3.86. The van der Waals surface area contributed by atoms with E-state index >= 15 is 0 Å².